The van der Waals surface area contributed by atoms with E-state index in [9.17, 15) is 0 Å². The van der Waals surface area contributed by atoms with Crippen molar-refractivity contribution >= 4 is 0 Å². The number of methoxy groups -OCH3 is 2. The second-order valence-electron chi connectivity index (χ2n) is 4.50. The van der Waals surface area contributed by atoms with Crippen LogP contribution >= 0.6 is 0 Å². The van der Waals surface area contributed by atoms with Crippen molar-refractivity contribution in [1.82, 2.24) is 15.1 Å². The van der Waals surface area contributed by atoms with E-state index in [1.807, 2.05) is 36.0 Å². The van der Waals surface area contributed by atoms with Crippen LogP contribution in [0.25, 0.3) is 5.69 Å². The first-order valence-corrected chi connectivity index (χ1v) is 6.67. The number of nitrogens with one attached hydrogen (secondary N) is 1. The molecule has 0 aliphatic heterocycles. The lowest BCUT2D eigenvalue weighted by Crippen LogP contribution is -2.11. The lowest BCUT2D eigenvalue weighted by molar-refractivity contribution is 0.392. The van der Waals surface area contributed by atoms with Crippen molar-refractivity contribution in [1.29, 1.82) is 0 Å². The first-order valence-electron chi connectivity index (χ1n) is 6.67. The molecule has 108 valence electrons. The first kappa shape index (κ1) is 14.4. The molecular weight excluding hydrogens is 254 g/mol. The summed E-state index contributed by atoms with van der Waals surface area (Å²) in [5.41, 5.74) is 3.10. The van der Waals surface area contributed by atoms with Crippen molar-refractivity contribution in [3.05, 3.63) is 35.7 Å². The Balaban J connectivity index is 2.36. The fraction of sp³-hybridized carbons (Fsp3) is 0.400. The Bertz CT molecular complexity index is 578. The Morgan fingerprint density at radius 2 is 2.05 bits per heavy atom. The molecular formula is C15H21N3O2. The van der Waals surface area contributed by atoms with Crippen LogP contribution < -0.4 is 14.8 Å². The third-order valence-electron chi connectivity index (χ3n) is 3.20. The molecule has 0 fully saturated rings. The van der Waals surface area contributed by atoms with Crippen LogP contribution in [0.2, 0.25) is 0 Å². The molecule has 1 N–H and O–H groups in total. The molecule has 0 amide bonds. The molecule has 0 spiro atoms. The van der Waals surface area contributed by atoms with Crippen LogP contribution in [-0.4, -0.2) is 30.5 Å². The standard InChI is InChI=1S/C15H21N3O2/c1-5-16-9-12-10-18(17-11(12)2)14-7-6-13(19-3)8-15(14)20-4/h6-8,10,16H,5,9H2,1-4H3. The van der Waals surface area contributed by atoms with Gasteiger partial charge in [-0.05, 0) is 25.6 Å². The maximum atomic E-state index is 5.42. The van der Waals surface area contributed by atoms with Crippen LogP contribution in [0, 0.1) is 6.92 Å². The summed E-state index contributed by atoms with van der Waals surface area (Å²) < 4.78 is 12.5. The van der Waals surface area contributed by atoms with Gasteiger partial charge in [0.1, 0.15) is 17.2 Å². The molecule has 0 saturated heterocycles. The van der Waals surface area contributed by atoms with E-state index in [1.165, 1.54) is 5.56 Å². The van der Waals surface area contributed by atoms with Gasteiger partial charge in [0.25, 0.3) is 0 Å². The lowest BCUT2D eigenvalue weighted by Gasteiger charge is -2.10. The van der Waals surface area contributed by atoms with Gasteiger partial charge in [0.05, 0.1) is 19.9 Å². The second-order valence-corrected chi connectivity index (χ2v) is 4.50. The smallest absolute Gasteiger partial charge is 0.148 e. The molecule has 1 aromatic heterocycles. The minimum absolute atomic E-state index is 0.738. The predicted octanol–water partition coefficient (Wildman–Crippen LogP) is 2.31. The molecule has 5 heteroatoms. The van der Waals surface area contributed by atoms with Crippen LogP contribution in [0.15, 0.2) is 24.4 Å². The number of rotatable bonds is 6. The zero-order chi connectivity index (χ0) is 14.5. The highest BCUT2D eigenvalue weighted by molar-refractivity contribution is 5.50. The predicted molar refractivity (Wildman–Crippen MR) is 78.8 cm³/mol. The molecule has 0 atom stereocenters. The highest BCUT2D eigenvalue weighted by Crippen LogP contribution is 2.27. The van der Waals surface area contributed by atoms with Gasteiger partial charge < -0.3 is 14.8 Å². The van der Waals surface area contributed by atoms with Crippen LogP contribution in [-0.2, 0) is 6.54 Å². The number of ether oxygens (including phenoxy) is 2. The summed E-state index contributed by atoms with van der Waals surface area (Å²) in [6.45, 7) is 5.86. The zero-order valence-corrected chi connectivity index (χ0v) is 12.4. The molecule has 0 aliphatic carbocycles. The van der Waals surface area contributed by atoms with Gasteiger partial charge in [-0.15, -0.1) is 0 Å². The molecule has 0 aliphatic rings. The van der Waals surface area contributed by atoms with E-state index in [-0.39, 0.29) is 0 Å². The van der Waals surface area contributed by atoms with E-state index in [0.717, 1.165) is 36.0 Å². The number of hydrogen-bond donors (Lipinski definition) is 1. The van der Waals surface area contributed by atoms with Crippen LogP contribution in [0.4, 0.5) is 0 Å². The van der Waals surface area contributed by atoms with Crippen molar-refractivity contribution in [3.63, 3.8) is 0 Å². The van der Waals surface area contributed by atoms with Gasteiger partial charge >= 0.3 is 0 Å². The second kappa shape index (κ2) is 6.43. The van der Waals surface area contributed by atoms with Gasteiger partial charge in [0, 0.05) is 24.4 Å². The molecule has 0 unspecified atom stereocenters. The van der Waals surface area contributed by atoms with Crippen molar-refractivity contribution in [3.8, 4) is 17.2 Å². The average molecular weight is 275 g/mol. The first-order chi connectivity index (χ1) is 9.69. The van der Waals surface area contributed by atoms with Crippen molar-refractivity contribution < 1.29 is 9.47 Å². The quantitative estimate of drug-likeness (QED) is 0.879. The Kier molecular flexibility index (Phi) is 4.63. The molecule has 0 radical (unpaired) electrons. The number of hydrogen-bond acceptors (Lipinski definition) is 4. The molecule has 0 saturated carbocycles. The average Bonchev–Trinajstić information content (AvgIpc) is 2.85. The zero-order valence-electron chi connectivity index (χ0n) is 12.4. The maximum absolute atomic E-state index is 5.42. The highest BCUT2D eigenvalue weighted by atomic mass is 16.5. The van der Waals surface area contributed by atoms with Gasteiger partial charge in [-0.1, -0.05) is 6.92 Å². The Labute approximate surface area is 119 Å². The Morgan fingerprint density at radius 1 is 1.25 bits per heavy atom. The molecule has 5 nitrogen and oxygen atoms in total. The summed E-state index contributed by atoms with van der Waals surface area (Å²) in [4.78, 5) is 0. The van der Waals surface area contributed by atoms with Crippen molar-refractivity contribution in [2.24, 2.45) is 0 Å². The highest BCUT2D eigenvalue weighted by Gasteiger charge is 2.11. The van der Waals surface area contributed by atoms with Gasteiger partial charge in [-0.3, -0.25) is 0 Å². The van der Waals surface area contributed by atoms with Gasteiger partial charge in [0.15, 0.2) is 0 Å². The Hall–Kier alpha value is -2.01. The van der Waals surface area contributed by atoms with E-state index in [2.05, 4.69) is 17.3 Å². The summed E-state index contributed by atoms with van der Waals surface area (Å²) in [7, 11) is 3.29. The van der Waals surface area contributed by atoms with Crippen LogP contribution in [0.1, 0.15) is 18.2 Å². The van der Waals surface area contributed by atoms with Crippen molar-refractivity contribution in [2.75, 3.05) is 20.8 Å². The molecule has 2 aromatic rings. The minimum atomic E-state index is 0.738. The van der Waals surface area contributed by atoms with E-state index in [1.54, 1.807) is 14.2 Å². The largest absolute Gasteiger partial charge is 0.497 e. The fourth-order valence-corrected chi connectivity index (χ4v) is 2.03. The topological polar surface area (TPSA) is 48.3 Å². The van der Waals surface area contributed by atoms with E-state index < -0.39 is 0 Å². The summed E-state index contributed by atoms with van der Waals surface area (Å²) in [5.74, 6) is 1.50. The monoisotopic (exact) mass is 275 g/mol. The molecule has 20 heavy (non-hydrogen) atoms. The third-order valence-corrected chi connectivity index (χ3v) is 3.20. The van der Waals surface area contributed by atoms with E-state index >= 15 is 0 Å². The van der Waals surface area contributed by atoms with Crippen LogP contribution in [0.3, 0.4) is 0 Å². The lowest BCUT2D eigenvalue weighted by atomic mass is 10.2. The van der Waals surface area contributed by atoms with Crippen molar-refractivity contribution in [2.45, 2.75) is 20.4 Å². The summed E-state index contributed by atoms with van der Waals surface area (Å²) in [6, 6.07) is 5.70. The Morgan fingerprint density at radius 3 is 2.70 bits per heavy atom. The number of aryl methyl sites for hydroxylation is 1. The van der Waals surface area contributed by atoms with Crippen LogP contribution in [0.5, 0.6) is 11.5 Å². The summed E-state index contributed by atoms with van der Waals surface area (Å²) >= 11 is 0. The number of aromatic nitrogens is 2. The molecule has 1 aromatic carbocycles. The summed E-state index contributed by atoms with van der Waals surface area (Å²) in [5, 5.41) is 7.87. The summed E-state index contributed by atoms with van der Waals surface area (Å²) in [6.07, 6.45) is 2.03. The van der Waals surface area contributed by atoms with E-state index in [0.29, 0.717) is 0 Å². The molecule has 2 rings (SSSR count). The SMILES string of the molecule is CCNCc1cn(-c2ccc(OC)cc2OC)nc1C. The number of benzene rings is 1. The normalized spacial score (nSPS) is 10.6. The van der Waals surface area contributed by atoms with Gasteiger partial charge in [-0.2, -0.15) is 5.10 Å². The fourth-order valence-electron chi connectivity index (χ4n) is 2.03. The molecule has 0 bridgehead atoms. The van der Waals surface area contributed by atoms with Gasteiger partial charge in [-0.25, -0.2) is 4.68 Å². The third kappa shape index (κ3) is 2.93. The minimum Gasteiger partial charge on any atom is -0.497 e. The molecule has 1 heterocycles. The number of nitrogens with zero attached hydrogens (tertiary/aromatic N) is 2. The van der Waals surface area contributed by atoms with E-state index in [4.69, 9.17) is 9.47 Å². The maximum Gasteiger partial charge on any atom is 0.148 e. The van der Waals surface area contributed by atoms with Gasteiger partial charge in [0.2, 0.25) is 0 Å².